The Kier molecular flexibility index (Phi) is 14.1. The van der Waals surface area contributed by atoms with Crippen molar-refractivity contribution in [2.45, 2.75) is 90.6 Å². The van der Waals surface area contributed by atoms with E-state index in [0.717, 1.165) is 12.0 Å². The molecule has 1 aromatic rings. The van der Waals surface area contributed by atoms with Crippen LogP contribution in [-0.4, -0.2) is 6.61 Å². The van der Waals surface area contributed by atoms with Gasteiger partial charge in [-0.25, -0.2) is 9.78 Å². The Labute approximate surface area is 143 Å². The maximum Gasteiger partial charge on any atom is 0.107 e. The van der Waals surface area contributed by atoms with Gasteiger partial charge in [0, 0.05) is 0 Å². The van der Waals surface area contributed by atoms with E-state index in [1.807, 2.05) is 30.3 Å². The third kappa shape index (κ3) is 13.3. The second kappa shape index (κ2) is 16.0. The summed E-state index contributed by atoms with van der Waals surface area (Å²) in [7, 11) is 0. The molecule has 0 saturated carbocycles. The molecule has 0 radical (unpaired) electrons. The molecule has 0 bridgehead atoms. The molecule has 0 amide bonds. The molecule has 0 saturated heterocycles. The van der Waals surface area contributed by atoms with Crippen molar-refractivity contribution in [3.05, 3.63) is 35.9 Å². The van der Waals surface area contributed by atoms with Gasteiger partial charge in [0.25, 0.3) is 0 Å². The maximum atomic E-state index is 5.23. The van der Waals surface area contributed by atoms with Gasteiger partial charge >= 0.3 is 0 Å². The second-order valence-corrected chi connectivity index (χ2v) is 6.46. The Morgan fingerprint density at radius 3 is 1.70 bits per heavy atom. The van der Waals surface area contributed by atoms with Crippen molar-refractivity contribution in [3.8, 4) is 0 Å². The third-order valence-corrected chi connectivity index (χ3v) is 4.23. The van der Waals surface area contributed by atoms with Gasteiger partial charge in [0.1, 0.15) is 6.61 Å². The number of rotatable bonds is 16. The molecule has 0 N–H and O–H groups in total. The third-order valence-electron chi connectivity index (χ3n) is 4.23. The Bertz CT molecular complexity index is 337. The van der Waals surface area contributed by atoms with Crippen molar-refractivity contribution in [2.75, 3.05) is 6.61 Å². The highest BCUT2D eigenvalue weighted by atomic mass is 17.2. The topological polar surface area (TPSA) is 18.5 Å². The molecular weight excluding hydrogens is 284 g/mol. The van der Waals surface area contributed by atoms with Crippen molar-refractivity contribution >= 4 is 0 Å². The summed E-state index contributed by atoms with van der Waals surface area (Å²) in [5, 5.41) is 0. The molecule has 0 aliphatic carbocycles. The minimum Gasteiger partial charge on any atom is -0.236 e. The van der Waals surface area contributed by atoms with Gasteiger partial charge in [-0.2, -0.15) is 0 Å². The predicted octanol–water partition coefficient (Wildman–Crippen LogP) is 6.84. The number of unbranched alkanes of at least 4 members (excludes halogenated alkanes) is 11. The molecule has 2 nitrogen and oxygen atoms in total. The average Bonchev–Trinajstić information content (AvgIpc) is 2.59. The first kappa shape index (κ1) is 20.2. The highest BCUT2D eigenvalue weighted by Crippen LogP contribution is 2.12. The summed E-state index contributed by atoms with van der Waals surface area (Å²) < 4.78 is 0. The van der Waals surface area contributed by atoms with Gasteiger partial charge in [0.15, 0.2) is 0 Å². The van der Waals surface area contributed by atoms with Gasteiger partial charge in [0.2, 0.25) is 0 Å². The molecule has 0 unspecified atom stereocenters. The smallest absolute Gasteiger partial charge is 0.107 e. The molecule has 0 aromatic heterocycles. The molecule has 1 aromatic carbocycles. The Morgan fingerprint density at radius 1 is 0.609 bits per heavy atom. The lowest BCUT2D eigenvalue weighted by Gasteiger charge is -2.05. The Hall–Kier alpha value is -0.860. The molecule has 0 heterocycles. The van der Waals surface area contributed by atoms with Crippen LogP contribution < -0.4 is 0 Å². The van der Waals surface area contributed by atoms with Gasteiger partial charge in [-0.15, -0.1) is 0 Å². The van der Waals surface area contributed by atoms with E-state index in [2.05, 4.69) is 6.92 Å². The molecule has 0 fully saturated rings. The van der Waals surface area contributed by atoms with Crippen LogP contribution in [0.5, 0.6) is 0 Å². The number of hydrogen-bond acceptors (Lipinski definition) is 2. The van der Waals surface area contributed by atoms with Crippen LogP contribution >= 0.6 is 0 Å². The van der Waals surface area contributed by atoms with Crippen LogP contribution in [0.1, 0.15) is 89.5 Å². The lowest BCUT2D eigenvalue weighted by molar-refractivity contribution is -0.304. The van der Waals surface area contributed by atoms with Crippen molar-refractivity contribution in [2.24, 2.45) is 0 Å². The minimum atomic E-state index is 0.541. The number of benzene rings is 1. The molecule has 1 rings (SSSR count). The quantitative estimate of drug-likeness (QED) is 0.189. The molecule has 23 heavy (non-hydrogen) atoms. The van der Waals surface area contributed by atoms with E-state index in [9.17, 15) is 0 Å². The van der Waals surface area contributed by atoms with E-state index in [4.69, 9.17) is 9.78 Å². The summed E-state index contributed by atoms with van der Waals surface area (Å²) in [4.78, 5) is 10.4. The average molecular weight is 321 g/mol. The molecular formula is C21H36O2. The monoisotopic (exact) mass is 320 g/mol. The predicted molar refractivity (Wildman–Crippen MR) is 98.3 cm³/mol. The summed E-state index contributed by atoms with van der Waals surface area (Å²) in [6.45, 7) is 3.53. The minimum absolute atomic E-state index is 0.541. The summed E-state index contributed by atoms with van der Waals surface area (Å²) in [5.41, 5.74) is 1.15. The zero-order valence-corrected chi connectivity index (χ0v) is 15.1. The lowest BCUT2D eigenvalue weighted by Crippen LogP contribution is -1.97. The van der Waals surface area contributed by atoms with Gasteiger partial charge < -0.3 is 0 Å². The lowest BCUT2D eigenvalue weighted by atomic mass is 10.1. The SMILES string of the molecule is CCCCCCCCCCCCCCOOCc1ccccc1. The first-order chi connectivity index (χ1) is 11.4. The zero-order chi connectivity index (χ0) is 16.4. The molecule has 0 aliphatic heterocycles. The van der Waals surface area contributed by atoms with Gasteiger partial charge in [-0.05, 0) is 12.0 Å². The molecule has 0 atom stereocenters. The first-order valence-corrected chi connectivity index (χ1v) is 9.72. The summed E-state index contributed by atoms with van der Waals surface area (Å²) in [6, 6.07) is 10.1. The van der Waals surface area contributed by atoms with Crippen LogP contribution in [-0.2, 0) is 16.4 Å². The summed E-state index contributed by atoms with van der Waals surface area (Å²) >= 11 is 0. The first-order valence-electron chi connectivity index (χ1n) is 9.72. The van der Waals surface area contributed by atoms with E-state index < -0.39 is 0 Å². The molecule has 0 spiro atoms. The van der Waals surface area contributed by atoms with Crippen LogP contribution in [0.25, 0.3) is 0 Å². The van der Waals surface area contributed by atoms with E-state index >= 15 is 0 Å². The number of hydrogen-bond donors (Lipinski definition) is 0. The standard InChI is InChI=1S/C21H36O2/c1-2-3-4-5-6-7-8-9-10-11-12-16-19-22-23-20-21-17-14-13-15-18-21/h13-15,17-18H,2-12,16,19-20H2,1H3. The molecule has 132 valence electrons. The van der Waals surface area contributed by atoms with E-state index in [-0.39, 0.29) is 0 Å². The fraction of sp³-hybridized carbons (Fsp3) is 0.714. The zero-order valence-electron chi connectivity index (χ0n) is 15.1. The Morgan fingerprint density at radius 2 is 1.13 bits per heavy atom. The largest absolute Gasteiger partial charge is 0.236 e. The van der Waals surface area contributed by atoms with Crippen LogP contribution in [0.3, 0.4) is 0 Å². The van der Waals surface area contributed by atoms with Crippen LogP contribution in [0.15, 0.2) is 30.3 Å². The van der Waals surface area contributed by atoms with Gasteiger partial charge in [0.05, 0.1) is 6.61 Å². The van der Waals surface area contributed by atoms with E-state index in [1.165, 1.54) is 70.6 Å². The van der Waals surface area contributed by atoms with Crippen molar-refractivity contribution in [1.82, 2.24) is 0 Å². The van der Waals surface area contributed by atoms with Gasteiger partial charge in [-0.3, -0.25) is 0 Å². The van der Waals surface area contributed by atoms with E-state index in [0.29, 0.717) is 13.2 Å². The summed E-state index contributed by atoms with van der Waals surface area (Å²) in [5.74, 6) is 0. The van der Waals surface area contributed by atoms with Gasteiger partial charge in [-0.1, -0.05) is 108 Å². The van der Waals surface area contributed by atoms with Crippen LogP contribution in [0, 0.1) is 0 Å². The fourth-order valence-corrected chi connectivity index (χ4v) is 2.74. The normalized spacial score (nSPS) is 11.0. The summed E-state index contributed by atoms with van der Waals surface area (Å²) in [6.07, 6.45) is 16.4. The fourth-order valence-electron chi connectivity index (χ4n) is 2.74. The Balaban J connectivity index is 1.72. The van der Waals surface area contributed by atoms with Crippen molar-refractivity contribution in [1.29, 1.82) is 0 Å². The highest BCUT2D eigenvalue weighted by Gasteiger charge is 1.95. The van der Waals surface area contributed by atoms with Crippen LogP contribution in [0.4, 0.5) is 0 Å². The van der Waals surface area contributed by atoms with Crippen molar-refractivity contribution < 1.29 is 9.78 Å². The second-order valence-electron chi connectivity index (χ2n) is 6.46. The van der Waals surface area contributed by atoms with E-state index in [1.54, 1.807) is 0 Å². The van der Waals surface area contributed by atoms with Crippen LogP contribution in [0.2, 0.25) is 0 Å². The molecule has 0 aliphatic rings. The van der Waals surface area contributed by atoms with Crippen molar-refractivity contribution in [3.63, 3.8) is 0 Å². The highest BCUT2D eigenvalue weighted by molar-refractivity contribution is 5.13. The maximum absolute atomic E-state index is 5.23. The molecule has 2 heteroatoms.